The normalized spacial score (nSPS) is 20.3. The predicted octanol–water partition coefficient (Wildman–Crippen LogP) is 5.67. The van der Waals surface area contributed by atoms with E-state index in [1.165, 1.54) is 0 Å². The quantitative estimate of drug-likeness (QED) is 0.208. The van der Waals surface area contributed by atoms with Gasteiger partial charge in [0.2, 0.25) is 5.91 Å². The molecule has 1 amide bonds. The summed E-state index contributed by atoms with van der Waals surface area (Å²) in [5.74, 6) is -0.0418. The first-order valence-corrected chi connectivity index (χ1v) is 13.7. The minimum absolute atomic E-state index is 0.00816. The molecule has 2 aliphatic rings. The van der Waals surface area contributed by atoms with Gasteiger partial charge < -0.3 is 19.1 Å². The molecule has 2 aromatic rings. The molecule has 2 aliphatic heterocycles. The van der Waals surface area contributed by atoms with Crippen LogP contribution in [0.5, 0.6) is 5.75 Å². The second-order valence-electron chi connectivity index (χ2n) is 8.70. The maximum Gasteiger partial charge on any atom is 0.336 e. The molecule has 0 aliphatic carbocycles. The van der Waals surface area contributed by atoms with Crippen LogP contribution in [0.15, 0.2) is 59.8 Å². The number of allylic oxidation sites excluding steroid dienone is 1. The molecule has 0 unspecified atom stereocenters. The monoisotopic (exact) mass is 609 g/mol. The van der Waals surface area contributed by atoms with Gasteiger partial charge in [0.05, 0.1) is 24.8 Å². The van der Waals surface area contributed by atoms with E-state index in [0.717, 1.165) is 34.1 Å². The molecule has 0 radical (unpaired) electrons. The summed E-state index contributed by atoms with van der Waals surface area (Å²) < 4.78 is 18.0. The highest BCUT2D eigenvalue weighted by atomic mass is 127. The summed E-state index contributed by atoms with van der Waals surface area (Å²) in [5, 5.41) is 0.603. The van der Waals surface area contributed by atoms with E-state index in [1.54, 1.807) is 17.0 Å². The van der Waals surface area contributed by atoms with E-state index in [9.17, 15) is 9.59 Å². The zero-order valence-electron chi connectivity index (χ0n) is 19.7. The van der Waals surface area contributed by atoms with Crippen LogP contribution in [0.4, 0.5) is 0 Å². The number of ether oxygens (including phenoxy) is 3. The molecule has 0 bridgehead atoms. The summed E-state index contributed by atoms with van der Waals surface area (Å²) in [5.41, 5.74) is 2.86. The molecule has 2 aromatic carbocycles. The molecule has 2 atom stereocenters. The van der Waals surface area contributed by atoms with Gasteiger partial charge in [0.15, 0.2) is 0 Å². The van der Waals surface area contributed by atoms with E-state index in [0.29, 0.717) is 36.1 Å². The Morgan fingerprint density at radius 3 is 2.57 bits per heavy atom. The van der Waals surface area contributed by atoms with Crippen LogP contribution in [0.2, 0.25) is 5.02 Å². The topological polar surface area (TPSA) is 65.1 Å². The second kappa shape index (κ2) is 12.2. The standard InChI is InChI=1S/C27H29ClINO5/c1-18-26(27(32)35-17-19-4-10-22(11-5-19)34-14-12-29)24(20-6-8-21(28)9-7-20)15-25(31)30(18)16-23-3-2-13-33-23/h4-11,23-24H,2-3,12-17H2,1H3/t23-,24+/m1/s1. The van der Waals surface area contributed by atoms with Crippen LogP contribution in [-0.2, 0) is 25.7 Å². The zero-order valence-corrected chi connectivity index (χ0v) is 22.6. The van der Waals surface area contributed by atoms with E-state index in [1.807, 2.05) is 43.3 Å². The molecular weight excluding hydrogens is 581 g/mol. The van der Waals surface area contributed by atoms with Gasteiger partial charge in [-0.15, -0.1) is 0 Å². The third kappa shape index (κ3) is 6.57. The third-order valence-electron chi connectivity index (χ3n) is 6.36. The molecular formula is C27H29ClINO5. The highest BCUT2D eigenvalue weighted by Gasteiger charge is 2.38. The van der Waals surface area contributed by atoms with Crippen molar-refractivity contribution in [3.8, 4) is 5.75 Å². The van der Waals surface area contributed by atoms with Crippen LogP contribution < -0.4 is 4.74 Å². The molecule has 2 heterocycles. The Morgan fingerprint density at radius 2 is 1.91 bits per heavy atom. The predicted molar refractivity (Wildman–Crippen MR) is 143 cm³/mol. The molecule has 1 fully saturated rings. The van der Waals surface area contributed by atoms with Crippen molar-refractivity contribution >= 4 is 46.1 Å². The molecule has 186 valence electrons. The van der Waals surface area contributed by atoms with Crippen LogP contribution in [0.1, 0.15) is 43.2 Å². The second-order valence-corrected chi connectivity index (χ2v) is 10.2. The lowest BCUT2D eigenvalue weighted by atomic mass is 9.83. The van der Waals surface area contributed by atoms with Crippen LogP contribution in [0, 0.1) is 0 Å². The summed E-state index contributed by atoms with van der Waals surface area (Å²) >= 11 is 8.34. The van der Waals surface area contributed by atoms with E-state index in [4.69, 9.17) is 25.8 Å². The Labute approximate surface area is 224 Å². The first-order valence-electron chi connectivity index (χ1n) is 11.8. The highest BCUT2D eigenvalue weighted by molar-refractivity contribution is 14.1. The van der Waals surface area contributed by atoms with E-state index >= 15 is 0 Å². The summed E-state index contributed by atoms with van der Waals surface area (Å²) in [6.07, 6.45) is 2.08. The Hall–Kier alpha value is -2.10. The van der Waals surface area contributed by atoms with Gasteiger partial charge >= 0.3 is 5.97 Å². The fraction of sp³-hybridized carbons (Fsp3) is 0.407. The van der Waals surface area contributed by atoms with E-state index < -0.39 is 11.9 Å². The Kier molecular flexibility index (Phi) is 9.08. The Bertz CT molecular complexity index is 1060. The number of hydrogen-bond donors (Lipinski definition) is 0. The van der Waals surface area contributed by atoms with Crippen molar-refractivity contribution in [2.24, 2.45) is 0 Å². The van der Waals surface area contributed by atoms with Gasteiger partial charge in [-0.3, -0.25) is 4.79 Å². The molecule has 0 saturated carbocycles. The van der Waals surface area contributed by atoms with Gasteiger partial charge in [-0.05, 0) is 55.2 Å². The Balaban J connectivity index is 1.55. The van der Waals surface area contributed by atoms with Gasteiger partial charge in [-0.1, -0.05) is 58.5 Å². The maximum atomic E-state index is 13.4. The number of halogens is 2. The van der Waals surface area contributed by atoms with Crippen molar-refractivity contribution in [3.05, 3.63) is 76.0 Å². The number of esters is 1. The summed E-state index contributed by atoms with van der Waals surface area (Å²) in [6, 6.07) is 14.8. The number of carbonyl (C=O) groups excluding carboxylic acids is 2. The maximum absolute atomic E-state index is 13.4. The first kappa shape index (κ1) is 26.0. The molecule has 0 N–H and O–H groups in total. The molecule has 35 heavy (non-hydrogen) atoms. The summed E-state index contributed by atoms with van der Waals surface area (Å²) in [4.78, 5) is 28.3. The van der Waals surface area contributed by atoms with Gasteiger partial charge in [0.1, 0.15) is 12.4 Å². The number of benzene rings is 2. The largest absolute Gasteiger partial charge is 0.493 e. The van der Waals surface area contributed by atoms with Crippen LogP contribution in [-0.4, -0.2) is 47.1 Å². The molecule has 0 spiro atoms. The fourth-order valence-corrected chi connectivity index (χ4v) is 4.88. The van der Waals surface area contributed by atoms with Crippen molar-refractivity contribution in [1.29, 1.82) is 0 Å². The molecule has 0 aromatic heterocycles. The smallest absolute Gasteiger partial charge is 0.336 e. The molecule has 8 heteroatoms. The molecule has 4 rings (SSSR count). The van der Waals surface area contributed by atoms with Crippen LogP contribution in [0.25, 0.3) is 0 Å². The van der Waals surface area contributed by atoms with Crippen molar-refractivity contribution in [1.82, 2.24) is 4.90 Å². The van der Waals surface area contributed by atoms with Crippen molar-refractivity contribution < 1.29 is 23.8 Å². The first-order chi connectivity index (χ1) is 17.0. The zero-order chi connectivity index (χ0) is 24.8. The SMILES string of the molecule is CC1=C(C(=O)OCc2ccc(OCCI)cc2)[C@H](c2ccc(Cl)cc2)CC(=O)N1C[C@H]1CCCO1. The minimum Gasteiger partial charge on any atom is -0.493 e. The number of hydrogen-bond acceptors (Lipinski definition) is 5. The fourth-order valence-electron chi connectivity index (χ4n) is 4.54. The number of carbonyl (C=O) groups is 2. The lowest BCUT2D eigenvalue weighted by molar-refractivity contribution is -0.141. The van der Waals surface area contributed by atoms with Gasteiger partial charge in [-0.2, -0.15) is 0 Å². The average molecular weight is 610 g/mol. The van der Waals surface area contributed by atoms with Crippen molar-refractivity contribution in [2.75, 3.05) is 24.2 Å². The molecule has 1 saturated heterocycles. The lowest BCUT2D eigenvalue weighted by Crippen LogP contribution is -2.42. The third-order valence-corrected chi connectivity index (χ3v) is 7.06. The number of nitrogens with zero attached hydrogens (tertiary/aromatic N) is 1. The van der Waals surface area contributed by atoms with Crippen molar-refractivity contribution in [2.45, 2.75) is 44.8 Å². The van der Waals surface area contributed by atoms with Crippen LogP contribution in [0.3, 0.4) is 0 Å². The highest BCUT2D eigenvalue weighted by Crippen LogP contribution is 2.38. The van der Waals surface area contributed by atoms with Crippen molar-refractivity contribution in [3.63, 3.8) is 0 Å². The van der Waals surface area contributed by atoms with Gasteiger partial charge in [-0.25, -0.2) is 4.79 Å². The van der Waals surface area contributed by atoms with Gasteiger partial charge in [0.25, 0.3) is 0 Å². The van der Waals surface area contributed by atoms with Crippen LogP contribution >= 0.6 is 34.2 Å². The lowest BCUT2D eigenvalue weighted by Gasteiger charge is -2.35. The number of amides is 1. The average Bonchev–Trinajstić information content (AvgIpc) is 3.38. The summed E-state index contributed by atoms with van der Waals surface area (Å²) in [6.45, 7) is 3.77. The number of alkyl halides is 1. The van der Waals surface area contributed by atoms with Gasteiger partial charge in [0, 0.05) is 34.1 Å². The van der Waals surface area contributed by atoms with E-state index in [-0.39, 0.29) is 25.0 Å². The number of rotatable bonds is 9. The minimum atomic E-state index is -0.419. The Morgan fingerprint density at radius 1 is 1.17 bits per heavy atom. The molecule has 6 nitrogen and oxygen atoms in total. The van der Waals surface area contributed by atoms with E-state index in [2.05, 4.69) is 22.6 Å². The summed E-state index contributed by atoms with van der Waals surface area (Å²) in [7, 11) is 0.